The first-order valence-electron chi connectivity index (χ1n) is 2.07. The van der Waals surface area contributed by atoms with Gasteiger partial charge in [0.15, 0.2) is 0 Å². The van der Waals surface area contributed by atoms with E-state index in [9.17, 15) is 0 Å². The molecule has 1 nitrogen and oxygen atoms in total. The Kier molecular flexibility index (Phi) is 1.87. The molecule has 0 aliphatic carbocycles. The van der Waals surface area contributed by atoms with Gasteiger partial charge in [-0.3, -0.25) is 0 Å². The molecule has 0 saturated carbocycles. The molecule has 0 atom stereocenters. The van der Waals surface area contributed by atoms with Crippen molar-refractivity contribution < 1.29 is 0 Å². The molecule has 8 heavy (non-hydrogen) atoms. The number of hydrogen-bond acceptors (Lipinski definition) is 1. The first kappa shape index (κ1) is 6.05. The molecule has 0 radical (unpaired) electrons. The second-order valence-electron chi connectivity index (χ2n) is 1.28. The summed E-state index contributed by atoms with van der Waals surface area (Å²) in [7, 11) is 1.59. The third kappa shape index (κ3) is 1.20. The quantitative estimate of drug-likeness (QED) is 0.542. The third-order valence-corrected chi connectivity index (χ3v) is 1.42. The molecule has 4 heteroatoms. The molecule has 0 aliphatic heterocycles. The van der Waals surface area contributed by atoms with Gasteiger partial charge in [0.2, 0.25) is 0 Å². The zero-order chi connectivity index (χ0) is 5.98. The van der Waals surface area contributed by atoms with Gasteiger partial charge < -0.3 is 0 Å². The average Bonchev–Trinajstić information content (AvgIpc) is 1.77. The van der Waals surface area contributed by atoms with Crippen molar-refractivity contribution in [2.75, 3.05) is 0 Å². The molecule has 1 heterocycles. The predicted octanol–water partition coefficient (Wildman–Crippen LogP) is 1.73. The van der Waals surface area contributed by atoms with Crippen molar-refractivity contribution in [2.45, 2.75) is 0 Å². The molecule has 0 amide bonds. The Labute approximate surface area is 57.9 Å². The van der Waals surface area contributed by atoms with Crippen LogP contribution < -0.4 is 0 Å². The summed E-state index contributed by atoms with van der Waals surface area (Å²) in [5.74, 6) is 1.73. The molecule has 0 aliphatic rings. The maximum absolute atomic E-state index is 5.51. The number of rotatable bonds is 0. The monoisotopic (exact) mass is 145 g/mol. The van der Waals surface area contributed by atoms with E-state index >= 15 is 0 Å². The normalized spacial score (nSPS) is 8.75. The summed E-state index contributed by atoms with van der Waals surface area (Å²) in [4.78, 5) is 3.71. The zero-order valence-corrected chi connectivity index (χ0v) is 5.45. The fourth-order valence-electron chi connectivity index (χ4n) is 0.366. The van der Waals surface area contributed by atoms with Crippen LogP contribution in [0.1, 0.15) is 0 Å². The Balaban J connectivity index is 3.13. The van der Waals surface area contributed by atoms with Crippen molar-refractivity contribution in [2.24, 2.45) is 0 Å². The fraction of sp³-hybridized carbons (Fsp3) is 0. The van der Waals surface area contributed by atoms with E-state index in [0.717, 1.165) is 0 Å². The van der Waals surface area contributed by atoms with Crippen LogP contribution in [0.4, 0.5) is 0 Å². The number of halogens is 2. The standard InChI is InChI=1S/C4H2BCl2N/c6-3-1-2-5-8-4(3)7/h1-2H. The summed E-state index contributed by atoms with van der Waals surface area (Å²) >= 11 is 11.0. The van der Waals surface area contributed by atoms with Gasteiger partial charge in [-0.05, 0) is 0 Å². The molecule has 0 N–H and O–H groups in total. The minimum absolute atomic E-state index is 0.356. The topological polar surface area (TPSA) is 12.9 Å². The molecule has 40 valence electrons. The molecule has 1 aromatic heterocycles. The average molecular weight is 146 g/mol. The number of aromatic nitrogens is 1. The summed E-state index contributed by atoms with van der Waals surface area (Å²) < 4.78 is 0. The van der Waals surface area contributed by atoms with Gasteiger partial charge in [0.1, 0.15) is 0 Å². The van der Waals surface area contributed by atoms with Crippen LogP contribution >= 0.6 is 23.2 Å². The Morgan fingerprint density at radius 3 is 2.62 bits per heavy atom. The summed E-state index contributed by atoms with van der Waals surface area (Å²) in [6.45, 7) is 0. The SMILES string of the molecule is Clc1ccbnc1Cl. The van der Waals surface area contributed by atoms with Gasteiger partial charge in [-0.15, -0.1) is 0 Å². The Morgan fingerprint density at radius 1 is 1.50 bits per heavy atom. The second-order valence-corrected chi connectivity index (χ2v) is 2.04. The van der Waals surface area contributed by atoms with Crippen molar-refractivity contribution in [3.8, 4) is 0 Å². The van der Waals surface area contributed by atoms with Crippen molar-refractivity contribution in [1.82, 2.24) is 4.89 Å². The van der Waals surface area contributed by atoms with Crippen LogP contribution in [-0.4, -0.2) is 11.9 Å². The van der Waals surface area contributed by atoms with Crippen LogP contribution in [-0.2, 0) is 0 Å². The summed E-state index contributed by atoms with van der Waals surface area (Å²) in [6, 6.07) is 1.69. The van der Waals surface area contributed by atoms with Crippen LogP contribution in [0.2, 0.25) is 10.2 Å². The Morgan fingerprint density at radius 2 is 2.25 bits per heavy atom. The number of nitrogens with zero attached hydrogens (tertiary/aromatic N) is 1. The van der Waals surface area contributed by atoms with Gasteiger partial charge in [-0.1, -0.05) is 0 Å². The molecule has 0 saturated heterocycles. The molecule has 0 spiro atoms. The molecule has 0 bridgehead atoms. The van der Waals surface area contributed by atoms with Gasteiger partial charge in [0, 0.05) is 0 Å². The van der Waals surface area contributed by atoms with E-state index in [1.165, 1.54) is 0 Å². The minimum atomic E-state index is 0.356. The van der Waals surface area contributed by atoms with E-state index in [4.69, 9.17) is 23.2 Å². The molecule has 1 rings (SSSR count). The molecule has 0 fully saturated rings. The van der Waals surface area contributed by atoms with Gasteiger partial charge >= 0.3 is 57.3 Å². The Bertz CT molecular complexity index is 170. The predicted molar refractivity (Wildman–Crippen MR) is 35.6 cm³/mol. The van der Waals surface area contributed by atoms with Crippen LogP contribution in [0.5, 0.6) is 0 Å². The first-order chi connectivity index (χ1) is 3.80. The van der Waals surface area contributed by atoms with Crippen LogP contribution in [0.3, 0.4) is 0 Å². The molecular weight excluding hydrogens is 144 g/mol. The summed E-state index contributed by atoms with van der Waals surface area (Å²) in [5, 5.41) is 0.850. The zero-order valence-electron chi connectivity index (χ0n) is 3.94. The molecule has 0 aromatic carbocycles. The van der Waals surface area contributed by atoms with Crippen LogP contribution in [0, 0.1) is 0 Å². The van der Waals surface area contributed by atoms with Gasteiger partial charge in [0.25, 0.3) is 0 Å². The van der Waals surface area contributed by atoms with E-state index in [1.54, 1.807) is 19.1 Å². The van der Waals surface area contributed by atoms with E-state index in [1.807, 2.05) is 0 Å². The fourth-order valence-corrected chi connectivity index (χ4v) is 0.607. The van der Waals surface area contributed by atoms with Gasteiger partial charge in [0.05, 0.1) is 0 Å². The Hall–Kier alpha value is -0.0751. The van der Waals surface area contributed by atoms with Crippen molar-refractivity contribution in [3.05, 3.63) is 22.2 Å². The third-order valence-electron chi connectivity index (χ3n) is 0.714. The van der Waals surface area contributed by atoms with Gasteiger partial charge in [-0.25, -0.2) is 0 Å². The maximum atomic E-state index is 5.51. The molecule has 1 aromatic rings. The van der Waals surface area contributed by atoms with Crippen molar-refractivity contribution >= 4 is 30.3 Å². The molecular formula is C4H2BCl2N. The summed E-state index contributed by atoms with van der Waals surface area (Å²) in [5.41, 5.74) is 0. The van der Waals surface area contributed by atoms with E-state index in [0.29, 0.717) is 10.2 Å². The molecule has 0 unspecified atom stereocenters. The number of hydrogen-bond donors (Lipinski definition) is 0. The first-order valence-corrected chi connectivity index (χ1v) is 2.82. The summed E-state index contributed by atoms with van der Waals surface area (Å²) in [6.07, 6.45) is 0. The van der Waals surface area contributed by atoms with Crippen molar-refractivity contribution in [3.63, 3.8) is 0 Å². The van der Waals surface area contributed by atoms with E-state index in [2.05, 4.69) is 4.89 Å². The van der Waals surface area contributed by atoms with Crippen LogP contribution in [0.15, 0.2) is 12.0 Å². The van der Waals surface area contributed by atoms with E-state index in [-0.39, 0.29) is 0 Å². The van der Waals surface area contributed by atoms with Gasteiger partial charge in [-0.2, -0.15) is 0 Å². The van der Waals surface area contributed by atoms with E-state index < -0.39 is 0 Å². The second kappa shape index (κ2) is 2.47. The van der Waals surface area contributed by atoms with Crippen LogP contribution in [0.25, 0.3) is 0 Å². The van der Waals surface area contributed by atoms with Crippen molar-refractivity contribution in [1.29, 1.82) is 0 Å².